The number of phosphoric acid groups is 2. The van der Waals surface area contributed by atoms with Crippen molar-refractivity contribution in [3.63, 3.8) is 0 Å². The molecular weight excluding hydrogens is 714 g/mol. The second-order valence-corrected chi connectivity index (χ2v) is 12.9. The van der Waals surface area contributed by atoms with E-state index in [1.807, 2.05) is 0 Å². The molecule has 246 valence electrons. The van der Waals surface area contributed by atoms with Crippen LogP contribution in [0.1, 0.15) is 15.5 Å². The average molecular weight is 746 g/mol. The Bertz CT molecular complexity index is 1580. The zero-order valence-corrected chi connectivity index (χ0v) is 32.4. The van der Waals surface area contributed by atoms with E-state index in [-0.39, 0.29) is 135 Å². The Morgan fingerprint density at radius 1 is 0.957 bits per heavy atom. The van der Waals surface area contributed by atoms with Crippen LogP contribution in [0.15, 0.2) is 36.7 Å². The number of anilines is 1. The predicted molar refractivity (Wildman–Crippen MR) is 144 cm³/mol. The molecule has 2 fully saturated rings. The number of ether oxygens (including phenoxy) is 2. The number of amides is 1. The van der Waals surface area contributed by atoms with E-state index in [2.05, 4.69) is 19.3 Å². The van der Waals surface area contributed by atoms with Gasteiger partial charge in [0.1, 0.15) is 48.5 Å². The number of aromatic nitrogens is 4. The van der Waals surface area contributed by atoms with E-state index >= 15 is 0 Å². The van der Waals surface area contributed by atoms with Crippen molar-refractivity contribution in [2.45, 2.75) is 55.5 Å². The summed E-state index contributed by atoms with van der Waals surface area (Å²) in [4.78, 5) is 44.6. The SMILES string of the molecule is NC(=O)C1=CN([C@@H]2O[C@H](COP(=O)(O)OP(=O)(O)OC[C@H]3O[C@@H](n4cnc5c(N)ncnc54)[C@H](O)[C@@H]3O)[C@@H](O)[C@H]2O)C=CC1.[H-].[H-].[K+].[K+]. The van der Waals surface area contributed by atoms with Gasteiger partial charge >= 0.3 is 118 Å². The molecule has 3 aliphatic rings. The molecule has 0 bridgehead atoms. The topological polar surface area (TPSA) is 318 Å². The fourth-order valence-corrected chi connectivity index (χ4v) is 6.77. The molecule has 0 spiro atoms. The third kappa shape index (κ3) is 9.19. The van der Waals surface area contributed by atoms with Crippen molar-refractivity contribution < 1.29 is 173 Å². The van der Waals surface area contributed by atoms with Crippen molar-refractivity contribution in [2.24, 2.45) is 5.73 Å². The summed E-state index contributed by atoms with van der Waals surface area (Å²) in [6, 6.07) is 0. The van der Waals surface area contributed by atoms with Crippen LogP contribution < -0.4 is 114 Å². The number of allylic oxidation sites excluding steroid dienone is 1. The smallest absolute Gasteiger partial charge is 1.00 e. The Morgan fingerprint density at radius 2 is 1.52 bits per heavy atom. The first kappa shape index (κ1) is 40.8. The molecule has 2 aromatic heterocycles. The van der Waals surface area contributed by atoms with E-state index in [0.717, 1.165) is 6.33 Å². The summed E-state index contributed by atoms with van der Waals surface area (Å²) in [7, 11) is -10.7. The van der Waals surface area contributed by atoms with E-state index in [1.54, 1.807) is 6.08 Å². The molecular formula is C21H31K2N7O14P2. The number of phosphoric ester groups is 2. The summed E-state index contributed by atoms with van der Waals surface area (Å²) >= 11 is 0. The van der Waals surface area contributed by atoms with Crippen molar-refractivity contribution in [3.05, 3.63) is 36.7 Å². The van der Waals surface area contributed by atoms with Gasteiger partial charge in [-0.1, -0.05) is 6.08 Å². The third-order valence-electron chi connectivity index (χ3n) is 6.88. The van der Waals surface area contributed by atoms with Gasteiger partial charge in [0, 0.05) is 18.0 Å². The molecule has 1 amide bonds. The predicted octanol–water partition coefficient (Wildman–Crippen LogP) is -8.45. The maximum absolute atomic E-state index is 12.4. The molecule has 46 heavy (non-hydrogen) atoms. The van der Waals surface area contributed by atoms with Gasteiger partial charge in [-0.2, -0.15) is 4.31 Å². The summed E-state index contributed by atoms with van der Waals surface area (Å²) in [5, 5.41) is 41.6. The van der Waals surface area contributed by atoms with Gasteiger partial charge in [-0.15, -0.1) is 0 Å². The molecule has 2 saturated heterocycles. The summed E-state index contributed by atoms with van der Waals surface area (Å²) in [6.07, 6.45) is -4.88. The van der Waals surface area contributed by atoms with Gasteiger partial charge in [0.2, 0.25) is 5.91 Å². The minimum atomic E-state index is -5.37. The van der Waals surface area contributed by atoms with Crippen molar-refractivity contribution in [1.82, 2.24) is 24.4 Å². The van der Waals surface area contributed by atoms with Crippen LogP contribution in [-0.2, 0) is 36.8 Å². The number of imidazole rings is 1. The van der Waals surface area contributed by atoms with Crippen molar-refractivity contribution in [1.29, 1.82) is 0 Å². The van der Waals surface area contributed by atoms with E-state index in [0.29, 0.717) is 0 Å². The molecule has 25 heteroatoms. The Hall–Kier alpha value is 0.393. The zero-order valence-electron chi connectivity index (χ0n) is 26.4. The Morgan fingerprint density at radius 3 is 2.11 bits per heavy atom. The van der Waals surface area contributed by atoms with Gasteiger partial charge in [0.15, 0.2) is 23.9 Å². The van der Waals surface area contributed by atoms with Gasteiger partial charge in [-0.3, -0.25) is 18.4 Å². The molecule has 0 aromatic carbocycles. The van der Waals surface area contributed by atoms with Gasteiger partial charge in [-0.05, 0) is 6.42 Å². The molecule has 10 atom stereocenters. The minimum absolute atomic E-state index is 0. The number of rotatable bonds is 11. The first-order valence-corrected chi connectivity index (χ1v) is 15.7. The fourth-order valence-electron chi connectivity index (χ4n) is 4.68. The number of nitrogens with zero attached hydrogens (tertiary/aromatic N) is 5. The van der Waals surface area contributed by atoms with Gasteiger partial charge < -0.3 is 58.9 Å². The third-order valence-corrected chi connectivity index (χ3v) is 9.48. The number of carbonyl (C=O) groups is 1. The molecule has 2 unspecified atom stereocenters. The van der Waals surface area contributed by atoms with Gasteiger partial charge in [0.05, 0.1) is 19.5 Å². The minimum Gasteiger partial charge on any atom is -1.00 e. The maximum Gasteiger partial charge on any atom is 1.00 e. The van der Waals surface area contributed by atoms with E-state index < -0.39 is 83.8 Å². The monoisotopic (exact) mass is 745 g/mol. The number of hydrogen-bond donors (Lipinski definition) is 8. The van der Waals surface area contributed by atoms with Crippen LogP contribution in [-0.4, -0.2) is 117 Å². The number of hydrogen-bond acceptors (Lipinski definition) is 17. The first-order valence-electron chi connectivity index (χ1n) is 12.7. The molecule has 21 nitrogen and oxygen atoms in total. The zero-order chi connectivity index (χ0) is 32.0. The van der Waals surface area contributed by atoms with Crippen LogP contribution in [0.5, 0.6) is 0 Å². The van der Waals surface area contributed by atoms with Gasteiger partial charge in [0.25, 0.3) is 0 Å². The number of aliphatic hydroxyl groups excluding tert-OH is 4. The molecule has 5 rings (SSSR count). The number of fused-ring (bicyclic) bond motifs is 1. The molecule has 0 saturated carbocycles. The first-order chi connectivity index (χ1) is 20.7. The van der Waals surface area contributed by atoms with E-state index in [9.17, 15) is 44.1 Å². The molecule has 3 aliphatic heterocycles. The maximum atomic E-state index is 12.4. The second-order valence-electron chi connectivity index (χ2n) is 9.84. The molecule has 2 aromatic rings. The van der Waals surface area contributed by atoms with Crippen LogP contribution in [0.2, 0.25) is 0 Å². The number of primary amides is 1. The summed E-state index contributed by atoms with van der Waals surface area (Å²) < 4.78 is 50.8. The molecule has 10 N–H and O–H groups in total. The Labute approximate surface area is 347 Å². The number of nitrogens with two attached hydrogens (primary N) is 2. The normalized spacial score (nSPS) is 31.9. The van der Waals surface area contributed by atoms with Crippen LogP contribution >= 0.6 is 15.6 Å². The average Bonchev–Trinajstić information content (AvgIpc) is 3.61. The number of carbonyl (C=O) groups excluding carboxylic acids is 1. The quantitative estimate of drug-likeness (QED) is 0.0782. The molecule has 0 radical (unpaired) electrons. The van der Waals surface area contributed by atoms with Gasteiger partial charge in [-0.25, -0.2) is 24.1 Å². The molecule has 0 aliphatic carbocycles. The largest absolute Gasteiger partial charge is 1.00 e. The standard InChI is InChI=1S/C21H29N7O14P2.2K.2H/c22-17-12-19(25-7-24-17)28(8-26-12)21-16(32)14(30)11(41-21)6-39-44(36,37)42-43(34,35)38-5-10-13(29)15(31)20(40-10)27-3-1-2-9(4-27)18(23)33;;;;/h1,3-4,7-8,10-11,13-16,20-21,29-32H,2,5-6H2,(H2,23,33)(H,34,35)(H,36,37)(H2,22,24,25);;;;/q;2*+1;2*-1/t10-,11-,13-,14-,15-,16-,20-,21-;;;;/m1..../s1. The van der Waals surface area contributed by atoms with Crippen LogP contribution in [0.3, 0.4) is 0 Å². The van der Waals surface area contributed by atoms with Crippen molar-refractivity contribution in [2.75, 3.05) is 18.9 Å². The van der Waals surface area contributed by atoms with Crippen LogP contribution in [0.4, 0.5) is 5.82 Å². The number of aliphatic hydroxyl groups is 4. The summed E-state index contributed by atoms with van der Waals surface area (Å²) in [6.45, 7) is -1.79. The van der Waals surface area contributed by atoms with Crippen LogP contribution in [0.25, 0.3) is 11.2 Å². The van der Waals surface area contributed by atoms with Crippen molar-refractivity contribution in [3.8, 4) is 0 Å². The Balaban J connectivity index is 0.00000288. The van der Waals surface area contributed by atoms with Crippen LogP contribution in [0, 0.1) is 0 Å². The Kier molecular flexibility index (Phi) is 14.7. The van der Waals surface area contributed by atoms with E-state index in [1.165, 1.54) is 28.2 Å². The summed E-state index contributed by atoms with van der Waals surface area (Å²) in [5.41, 5.74) is 11.6. The number of nitrogen functional groups attached to an aromatic ring is 1. The van der Waals surface area contributed by atoms with E-state index in [4.69, 9.17) is 30.0 Å². The fraction of sp³-hybridized carbons (Fsp3) is 0.524. The molecule has 5 heterocycles. The summed E-state index contributed by atoms with van der Waals surface area (Å²) in [5.74, 6) is -0.658. The van der Waals surface area contributed by atoms with Crippen molar-refractivity contribution >= 4 is 38.5 Å². The second kappa shape index (κ2) is 16.6.